The van der Waals surface area contributed by atoms with Crippen LogP contribution in [0.25, 0.3) is 11.0 Å². The number of rotatable bonds is 2. The molecule has 0 spiro atoms. The van der Waals surface area contributed by atoms with Crippen molar-refractivity contribution in [2.75, 3.05) is 0 Å². The quantitative estimate of drug-likeness (QED) is 0.672. The fourth-order valence-corrected chi connectivity index (χ4v) is 2.25. The summed E-state index contributed by atoms with van der Waals surface area (Å²) in [6, 6.07) is 19.9. The Kier molecular flexibility index (Phi) is 3.67. The van der Waals surface area contributed by atoms with Crippen molar-refractivity contribution in [3.63, 3.8) is 0 Å². The van der Waals surface area contributed by atoms with E-state index in [2.05, 4.69) is 22.9 Å². The van der Waals surface area contributed by atoms with Crippen molar-refractivity contribution in [3.05, 3.63) is 66.0 Å². The third-order valence-electron chi connectivity index (χ3n) is 3.21. The van der Waals surface area contributed by atoms with Crippen LogP contribution < -0.4 is 0 Å². The van der Waals surface area contributed by atoms with Gasteiger partial charge >= 0.3 is 0 Å². The van der Waals surface area contributed by atoms with Crippen LogP contribution in [0.2, 0.25) is 0 Å². The van der Waals surface area contributed by atoms with Gasteiger partial charge in [0.15, 0.2) is 0 Å². The third kappa shape index (κ3) is 2.78. The van der Waals surface area contributed by atoms with Gasteiger partial charge in [-0.2, -0.15) is 5.26 Å². The molecular formula is C18H13N3. The molecule has 0 radical (unpaired) electrons. The zero-order valence-electron chi connectivity index (χ0n) is 11.5. The van der Waals surface area contributed by atoms with Crippen LogP contribution in [0.5, 0.6) is 0 Å². The highest BCUT2D eigenvalue weighted by molar-refractivity contribution is 5.76. The van der Waals surface area contributed by atoms with E-state index in [0.29, 0.717) is 13.0 Å². The van der Waals surface area contributed by atoms with Crippen molar-refractivity contribution in [1.29, 1.82) is 5.26 Å². The number of nitriles is 1. The van der Waals surface area contributed by atoms with Gasteiger partial charge in [-0.1, -0.05) is 42.2 Å². The Morgan fingerprint density at radius 3 is 2.57 bits per heavy atom. The van der Waals surface area contributed by atoms with Gasteiger partial charge in [-0.25, -0.2) is 4.98 Å². The first kappa shape index (κ1) is 13.0. The lowest BCUT2D eigenvalue weighted by Gasteiger charge is -2.01. The molecule has 0 bridgehead atoms. The van der Waals surface area contributed by atoms with Gasteiger partial charge in [-0.05, 0) is 24.3 Å². The number of aromatic nitrogens is 2. The maximum absolute atomic E-state index is 8.93. The Balaban J connectivity index is 1.95. The molecule has 0 aliphatic heterocycles. The van der Waals surface area contributed by atoms with Gasteiger partial charge < -0.3 is 4.57 Å². The number of para-hydroxylation sites is 2. The van der Waals surface area contributed by atoms with Crippen molar-refractivity contribution < 1.29 is 0 Å². The Morgan fingerprint density at radius 2 is 1.76 bits per heavy atom. The minimum Gasteiger partial charge on any atom is -0.315 e. The van der Waals surface area contributed by atoms with Gasteiger partial charge in [0.1, 0.15) is 5.82 Å². The minimum absolute atomic E-state index is 0.293. The summed E-state index contributed by atoms with van der Waals surface area (Å²) in [5.41, 5.74) is 2.91. The first-order valence-corrected chi connectivity index (χ1v) is 6.73. The van der Waals surface area contributed by atoms with E-state index in [4.69, 9.17) is 5.26 Å². The fraction of sp³-hybridized carbons (Fsp3) is 0.111. The second-order valence-electron chi connectivity index (χ2n) is 4.61. The SMILES string of the molecule is N#CCc1nc2ccccc2n1CC#Cc1ccccc1. The van der Waals surface area contributed by atoms with Crippen LogP contribution in [-0.4, -0.2) is 9.55 Å². The van der Waals surface area contributed by atoms with E-state index in [1.54, 1.807) is 0 Å². The Hall–Kier alpha value is -3.04. The molecule has 3 heteroatoms. The average Bonchev–Trinajstić information content (AvgIpc) is 2.87. The Labute approximate surface area is 123 Å². The summed E-state index contributed by atoms with van der Waals surface area (Å²) in [4.78, 5) is 4.50. The maximum Gasteiger partial charge on any atom is 0.124 e. The molecule has 0 amide bonds. The van der Waals surface area contributed by atoms with Crippen LogP contribution >= 0.6 is 0 Å². The molecule has 21 heavy (non-hydrogen) atoms. The molecule has 3 nitrogen and oxygen atoms in total. The van der Waals surface area contributed by atoms with Crippen LogP contribution in [0.3, 0.4) is 0 Å². The first-order valence-electron chi connectivity index (χ1n) is 6.73. The smallest absolute Gasteiger partial charge is 0.124 e. The lowest BCUT2D eigenvalue weighted by atomic mass is 10.2. The van der Waals surface area contributed by atoms with Gasteiger partial charge in [0.2, 0.25) is 0 Å². The van der Waals surface area contributed by atoms with Crippen LogP contribution in [0.4, 0.5) is 0 Å². The molecule has 0 saturated heterocycles. The molecule has 1 heterocycles. The molecule has 2 aromatic carbocycles. The number of nitrogens with zero attached hydrogens (tertiary/aromatic N) is 3. The molecular weight excluding hydrogens is 258 g/mol. The summed E-state index contributed by atoms with van der Waals surface area (Å²) >= 11 is 0. The van der Waals surface area contributed by atoms with E-state index in [9.17, 15) is 0 Å². The van der Waals surface area contributed by atoms with Crippen LogP contribution in [-0.2, 0) is 13.0 Å². The molecule has 0 unspecified atom stereocenters. The highest BCUT2D eigenvalue weighted by atomic mass is 15.1. The topological polar surface area (TPSA) is 41.6 Å². The van der Waals surface area contributed by atoms with E-state index in [1.165, 1.54) is 0 Å². The molecule has 3 aromatic rings. The molecule has 0 N–H and O–H groups in total. The highest BCUT2D eigenvalue weighted by Crippen LogP contribution is 2.16. The Morgan fingerprint density at radius 1 is 1.00 bits per heavy atom. The van der Waals surface area contributed by atoms with Crippen molar-refractivity contribution in [2.24, 2.45) is 0 Å². The van der Waals surface area contributed by atoms with E-state index in [1.807, 2.05) is 59.2 Å². The fourth-order valence-electron chi connectivity index (χ4n) is 2.25. The van der Waals surface area contributed by atoms with Crippen molar-refractivity contribution in [1.82, 2.24) is 9.55 Å². The van der Waals surface area contributed by atoms with Gasteiger partial charge in [-0.3, -0.25) is 0 Å². The molecule has 0 aliphatic rings. The number of hydrogen-bond acceptors (Lipinski definition) is 2. The van der Waals surface area contributed by atoms with Gasteiger partial charge in [0, 0.05) is 5.56 Å². The summed E-state index contributed by atoms with van der Waals surface area (Å²) in [5.74, 6) is 7.06. The summed E-state index contributed by atoms with van der Waals surface area (Å²) in [6.45, 7) is 0.534. The lowest BCUT2D eigenvalue weighted by molar-refractivity contribution is 0.803. The summed E-state index contributed by atoms with van der Waals surface area (Å²) < 4.78 is 2.01. The zero-order valence-corrected chi connectivity index (χ0v) is 11.5. The summed E-state index contributed by atoms with van der Waals surface area (Å²) in [5, 5.41) is 8.93. The Bertz CT molecular complexity index is 858. The molecule has 1 aromatic heterocycles. The third-order valence-corrected chi connectivity index (χ3v) is 3.21. The summed E-state index contributed by atoms with van der Waals surface area (Å²) in [7, 11) is 0. The molecule has 3 rings (SSSR count). The summed E-state index contributed by atoms with van der Waals surface area (Å²) in [6.07, 6.45) is 0.293. The van der Waals surface area contributed by atoms with Gasteiger partial charge in [0.05, 0.1) is 30.1 Å². The minimum atomic E-state index is 0.293. The molecule has 0 fully saturated rings. The largest absolute Gasteiger partial charge is 0.315 e. The van der Waals surface area contributed by atoms with Crippen LogP contribution in [0.15, 0.2) is 54.6 Å². The zero-order chi connectivity index (χ0) is 14.5. The van der Waals surface area contributed by atoms with Crippen LogP contribution in [0.1, 0.15) is 11.4 Å². The number of benzene rings is 2. The predicted molar refractivity (Wildman–Crippen MR) is 82.4 cm³/mol. The van der Waals surface area contributed by atoms with Crippen molar-refractivity contribution in [3.8, 4) is 17.9 Å². The van der Waals surface area contributed by atoms with E-state index in [-0.39, 0.29) is 0 Å². The van der Waals surface area contributed by atoms with Crippen molar-refractivity contribution in [2.45, 2.75) is 13.0 Å². The average molecular weight is 271 g/mol. The van der Waals surface area contributed by atoms with Gasteiger partial charge in [0.25, 0.3) is 0 Å². The predicted octanol–water partition coefficient (Wildman–Crippen LogP) is 3.15. The normalized spacial score (nSPS) is 9.86. The second-order valence-corrected chi connectivity index (χ2v) is 4.61. The van der Waals surface area contributed by atoms with E-state index in [0.717, 1.165) is 22.4 Å². The molecule has 0 aliphatic carbocycles. The first-order chi connectivity index (χ1) is 10.4. The van der Waals surface area contributed by atoms with Crippen molar-refractivity contribution >= 4 is 11.0 Å². The number of fused-ring (bicyclic) bond motifs is 1. The molecule has 0 atom stereocenters. The van der Waals surface area contributed by atoms with E-state index >= 15 is 0 Å². The number of hydrogen-bond donors (Lipinski definition) is 0. The molecule has 100 valence electrons. The van der Waals surface area contributed by atoms with E-state index < -0.39 is 0 Å². The second kappa shape index (κ2) is 5.94. The monoisotopic (exact) mass is 271 g/mol. The molecule has 0 saturated carbocycles. The highest BCUT2D eigenvalue weighted by Gasteiger charge is 2.08. The van der Waals surface area contributed by atoms with Crippen LogP contribution in [0, 0.1) is 23.2 Å². The maximum atomic E-state index is 8.93. The van der Waals surface area contributed by atoms with Gasteiger partial charge in [-0.15, -0.1) is 0 Å². The number of imidazole rings is 1. The standard InChI is InChI=1S/C18H13N3/c19-13-12-18-20-16-10-4-5-11-17(16)21(18)14-6-9-15-7-2-1-3-8-15/h1-5,7-8,10-11H,12,14H2. The lowest BCUT2D eigenvalue weighted by Crippen LogP contribution is -2.02.